The molecule has 1 aliphatic heterocycles. The molecule has 0 atom stereocenters. The van der Waals surface area contributed by atoms with Crippen LogP contribution in [0.15, 0.2) is 94.8 Å². The van der Waals surface area contributed by atoms with Gasteiger partial charge in [0.05, 0.1) is 22.4 Å². The van der Waals surface area contributed by atoms with E-state index in [2.05, 4.69) is 0 Å². The van der Waals surface area contributed by atoms with E-state index in [0.29, 0.717) is 10.1 Å². The van der Waals surface area contributed by atoms with Crippen LogP contribution in [-0.2, 0) is 4.79 Å². The van der Waals surface area contributed by atoms with E-state index in [0.717, 1.165) is 22.7 Å². The molecule has 30 heavy (non-hydrogen) atoms. The molecule has 0 aromatic heterocycles. The lowest BCUT2D eigenvalue weighted by Crippen LogP contribution is -2.28. The van der Waals surface area contributed by atoms with Crippen molar-refractivity contribution in [1.29, 1.82) is 0 Å². The lowest BCUT2D eigenvalue weighted by atomic mass is 10.2. The van der Waals surface area contributed by atoms with Crippen molar-refractivity contribution >= 4 is 40.3 Å². The summed E-state index contributed by atoms with van der Waals surface area (Å²) in [6.07, 6.45) is 1.98. The first-order chi connectivity index (χ1) is 14.6. The van der Waals surface area contributed by atoms with Gasteiger partial charge in [0.1, 0.15) is 5.75 Å². The fraction of sp³-hybridized carbons (Fsp3) is 0.120. The summed E-state index contributed by atoms with van der Waals surface area (Å²) >= 11 is 1.38. The van der Waals surface area contributed by atoms with Crippen molar-refractivity contribution in [3.63, 3.8) is 0 Å². The summed E-state index contributed by atoms with van der Waals surface area (Å²) in [6, 6.07) is 27.0. The Kier molecular flexibility index (Phi) is 6.00. The van der Waals surface area contributed by atoms with Gasteiger partial charge in [-0.2, -0.15) is 0 Å². The van der Waals surface area contributed by atoms with E-state index >= 15 is 0 Å². The Bertz CT molecular complexity index is 1090. The van der Waals surface area contributed by atoms with Crippen LogP contribution in [0.3, 0.4) is 0 Å². The van der Waals surface area contributed by atoms with Gasteiger partial charge in [0, 0.05) is 0 Å². The van der Waals surface area contributed by atoms with Crippen LogP contribution in [0.5, 0.6) is 5.75 Å². The first-order valence-corrected chi connectivity index (χ1v) is 10.6. The van der Waals surface area contributed by atoms with Crippen molar-refractivity contribution in [3.8, 4) is 5.75 Å². The molecule has 4 nitrogen and oxygen atoms in total. The SMILES string of the molecule is CC(C)Oc1cccc(/C=C2/SC(=Nc3ccccc3)N(c3ccccc3)C2=O)c1. The highest BCUT2D eigenvalue weighted by molar-refractivity contribution is 8.19. The number of amides is 1. The summed E-state index contributed by atoms with van der Waals surface area (Å²) in [4.78, 5) is 20.3. The minimum atomic E-state index is -0.0870. The molecule has 5 heteroatoms. The van der Waals surface area contributed by atoms with Crippen molar-refractivity contribution in [2.24, 2.45) is 4.99 Å². The third kappa shape index (κ3) is 4.63. The molecule has 0 N–H and O–H groups in total. The Balaban J connectivity index is 1.71. The summed E-state index contributed by atoms with van der Waals surface area (Å²) in [5.41, 5.74) is 2.52. The first-order valence-electron chi connectivity index (χ1n) is 9.80. The Morgan fingerprint density at radius 1 is 0.933 bits per heavy atom. The molecular formula is C25H22N2O2S. The Labute approximate surface area is 180 Å². The molecule has 0 saturated carbocycles. The number of para-hydroxylation sites is 2. The standard InChI is InChI=1S/C25H22N2O2S/c1-18(2)29-22-15-9-10-19(16-22)17-23-24(28)27(21-13-7-4-8-14-21)25(30-23)26-20-11-5-3-6-12-20/h3-18H,1-2H3/b23-17+,26-25?. The number of ether oxygens (including phenoxy) is 1. The zero-order valence-electron chi connectivity index (χ0n) is 16.9. The summed E-state index contributed by atoms with van der Waals surface area (Å²) in [5.74, 6) is 0.698. The number of aliphatic imine (C=N–C) groups is 1. The zero-order valence-corrected chi connectivity index (χ0v) is 17.7. The second-order valence-corrected chi connectivity index (χ2v) is 8.06. The fourth-order valence-electron chi connectivity index (χ4n) is 3.07. The molecule has 1 fully saturated rings. The molecule has 1 heterocycles. The van der Waals surface area contributed by atoms with Crippen LogP contribution < -0.4 is 9.64 Å². The lowest BCUT2D eigenvalue weighted by molar-refractivity contribution is -0.113. The number of carbonyl (C=O) groups excluding carboxylic acids is 1. The molecule has 0 aliphatic carbocycles. The van der Waals surface area contributed by atoms with Crippen LogP contribution in [0.4, 0.5) is 11.4 Å². The summed E-state index contributed by atoms with van der Waals surface area (Å²) in [5, 5.41) is 0.637. The summed E-state index contributed by atoms with van der Waals surface area (Å²) in [7, 11) is 0. The van der Waals surface area contributed by atoms with Gasteiger partial charge in [-0.1, -0.05) is 48.5 Å². The van der Waals surface area contributed by atoms with Crippen LogP contribution in [-0.4, -0.2) is 17.2 Å². The van der Waals surface area contributed by atoms with Gasteiger partial charge in [0.15, 0.2) is 5.17 Å². The Morgan fingerprint density at radius 2 is 1.63 bits per heavy atom. The fourth-order valence-corrected chi connectivity index (χ4v) is 4.07. The molecule has 0 spiro atoms. The number of benzene rings is 3. The Morgan fingerprint density at radius 3 is 2.33 bits per heavy atom. The molecular weight excluding hydrogens is 392 g/mol. The molecule has 3 aromatic rings. The van der Waals surface area contributed by atoms with E-state index in [4.69, 9.17) is 9.73 Å². The number of hydrogen-bond donors (Lipinski definition) is 0. The molecule has 0 unspecified atom stereocenters. The van der Waals surface area contributed by atoms with Gasteiger partial charge in [-0.15, -0.1) is 0 Å². The zero-order chi connectivity index (χ0) is 20.9. The molecule has 3 aromatic carbocycles. The third-order valence-corrected chi connectivity index (χ3v) is 5.30. The van der Waals surface area contributed by atoms with Crippen molar-refractivity contribution in [2.75, 3.05) is 4.90 Å². The average molecular weight is 415 g/mol. The number of carbonyl (C=O) groups is 1. The first kappa shape index (κ1) is 20.0. The summed E-state index contributed by atoms with van der Waals surface area (Å²) in [6.45, 7) is 3.98. The predicted molar refractivity (Wildman–Crippen MR) is 125 cm³/mol. The maximum atomic E-state index is 13.3. The molecule has 1 saturated heterocycles. The molecule has 0 radical (unpaired) electrons. The van der Waals surface area contributed by atoms with Gasteiger partial charge in [-0.3, -0.25) is 9.69 Å². The molecule has 150 valence electrons. The van der Waals surface area contributed by atoms with Crippen LogP contribution in [0.2, 0.25) is 0 Å². The van der Waals surface area contributed by atoms with E-state index in [1.807, 2.05) is 105 Å². The minimum Gasteiger partial charge on any atom is -0.491 e. The molecule has 1 amide bonds. The van der Waals surface area contributed by atoms with E-state index in [-0.39, 0.29) is 12.0 Å². The van der Waals surface area contributed by atoms with Gasteiger partial charge >= 0.3 is 0 Å². The maximum Gasteiger partial charge on any atom is 0.271 e. The van der Waals surface area contributed by atoms with Crippen LogP contribution in [0, 0.1) is 0 Å². The van der Waals surface area contributed by atoms with Crippen molar-refractivity contribution < 1.29 is 9.53 Å². The van der Waals surface area contributed by atoms with Crippen LogP contribution >= 0.6 is 11.8 Å². The number of hydrogen-bond acceptors (Lipinski definition) is 4. The highest BCUT2D eigenvalue weighted by Crippen LogP contribution is 2.37. The molecule has 4 rings (SSSR count). The normalized spacial score (nSPS) is 16.6. The van der Waals surface area contributed by atoms with Crippen molar-refractivity contribution in [1.82, 2.24) is 0 Å². The lowest BCUT2D eigenvalue weighted by Gasteiger charge is -2.15. The van der Waals surface area contributed by atoms with E-state index in [1.165, 1.54) is 11.8 Å². The van der Waals surface area contributed by atoms with Crippen LogP contribution in [0.1, 0.15) is 19.4 Å². The number of amidine groups is 1. The highest BCUT2D eigenvalue weighted by atomic mass is 32.2. The van der Waals surface area contributed by atoms with Gasteiger partial charge in [0.25, 0.3) is 5.91 Å². The third-order valence-electron chi connectivity index (χ3n) is 4.33. The molecule has 0 bridgehead atoms. The minimum absolute atomic E-state index is 0.0870. The number of anilines is 1. The second-order valence-electron chi connectivity index (χ2n) is 7.06. The van der Waals surface area contributed by atoms with Gasteiger partial charge in [0.2, 0.25) is 0 Å². The van der Waals surface area contributed by atoms with Crippen molar-refractivity contribution in [2.45, 2.75) is 20.0 Å². The Hall–Kier alpha value is -3.31. The maximum absolute atomic E-state index is 13.3. The second kappa shape index (κ2) is 9.01. The quantitative estimate of drug-likeness (QED) is 0.461. The topological polar surface area (TPSA) is 41.9 Å². The van der Waals surface area contributed by atoms with Gasteiger partial charge < -0.3 is 4.74 Å². The number of thioether (sulfide) groups is 1. The summed E-state index contributed by atoms with van der Waals surface area (Å²) < 4.78 is 5.78. The monoisotopic (exact) mass is 414 g/mol. The van der Waals surface area contributed by atoms with E-state index < -0.39 is 0 Å². The number of nitrogens with zero attached hydrogens (tertiary/aromatic N) is 2. The van der Waals surface area contributed by atoms with Crippen molar-refractivity contribution in [3.05, 3.63) is 95.4 Å². The average Bonchev–Trinajstić information content (AvgIpc) is 3.04. The predicted octanol–water partition coefficient (Wildman–Crippen LogP) is 6.28. The van der Waals surface area contributed by atoms with E-state index in [9.17, 15) is 4.79 Å². The van der Waals surface area contributed by atoms with Gasteiger partial charge in [-0.05, 0) is 73.6 Å². The largest absolute Gasteiger partial charge is 0.491 e. The van der Waals surface area contributed by atoms with Crippen LogP contribution in [0.25, 0.3) is 6.08 Å². The molecule has 1 aliphatic rings. The van der Waals surface area contributed by atoms with Gasteiger partial charge in [-0.25, -0.2) is 4.99 Å². The van der Waals surface area contributed by atoms with E-state index in [1.54, 1.807) is 4.90 Å². The smallest absolute Gasteiger partial charge is 0.271 e. The number of rotatable bonds is 5. The highest BCUT2D eigenvalue weighted by Gasteiger charge is 2.34.